The number of rotatable bonds is 7. The Kier molecular flexibility index (Phi) is 4.39. The fourth-order valence-corrected chi connectivity index (χ4v) is 2.07. The van der Waals surface area contributed by atoms with E-state index in [1.165, 1.54) is 22.4 Å². The average molecular weight is 282 g/mol. The van der Waals surface area contributed by atoms with E-state index in [0.717, 1.165) is 23.8 Å². The molecule has 0 aliphatic heterocycles. The summed E-state index contributed by atoms with van der Waals surface area (Å²) in [4.78, 5) is 14.9. The molecule has 2 aromatic heterocycles. The van der Waals surface area contributed by atoms with Crippen molar-refractivity contribution in [3.8, 4) is 0 Å². The molecule has 2 heterocycles. The fraction of sp³-hybridized carbons (Fsp3) is 0.500. The number of hydrogen-bond donors (Lipinski definition) is 2. The number of aromatic nitrogens is 5. The van der Waals surface area contributed by atoms with E-state index < -0.39 is 5.97 Å². The van der Waals surface area contributed by atoms with Crippen molar-refractivity contribution in [2.45, 2.75) is 26.3 Å². The SMILES string of the molecule is CCCc1nsc(NCCn2cc(C(=O)O)nn2)n1. The van der Waals surface area contributed by atoms with E-state index in [2.05, 4.69) is 31.9 Å². The molecular weight excluding hydrogens is 268 g/mol. The lowest BCUT2D eigenvalue weighted by molar-refractivity contribution is 0.0690. The molecule has 8 nitrogen and oxygen atoms in total. The molecule has 0 atom stereocenters. The number of nitrogens with zero attached hydrogens (tertiary/aromatic N) is 5. The molecule has 0 aromatic carbocycles. The molecule has 0 radical (unpaired) electrons. The Balaban J connectivity index is 1.80. The maximum Gasteiger partial charge on any atom is 0.358 e. The molecule has 0 saturated carbocycles. The van der Waals surface area contributed by atoms with Gasteiger partial charge in [-0.3, -0.25) is 0 Å². The highest BCUT2D eigenvalue weighted by Gasteiger charge is 2.08. The summed E-state index contributed by atoms with van der Waals surface area (Å²) in [5, 5.41) is 19.8. The minimum absolute atomic E-state index is 0.0545. The van der Waals surface area contributed by atoms with Gasteiger partial charge in [-0.1, -0.05) is 12.1 Å². The van der Waals surface area contributed by atoms with Gasteiger partial charge in [0.2, 0.25) is 5.13 Å². The van der Waals surface area contributed by atoms with Crippen LogP contribution in [0.25, 0.3) is 0 Å². The van der Waals surface area contributed by atoms with Crippen molar-refractivity contribution in [3.05, 3.63) is 17.7 Å². The second kappa shape index (κ2) is 6.23. The Bertz CT molecular complexity index is 552. The van der Waals surface area contributed by atoms with Crippen LogP contribution in [0.1, 0.15) is 29.7 Å². The Hall–Kier alpha value is -2.03. The van der Waals surface area contributed by atoms with Crippen molar-refractivity contribution in [1.82, 2.24) is 24.4 Å². The highest BCUT2D eigenvalue weighted by atomic mass is 32.1. The summed E-state index contributed by atoms with van der Waals surface area (Å²) >= 11 is 1.32. The summed E-state index contributed by atoms with van der Waals surface area (Å²) in [6.45, 7) is 3.19. The average Bonchev–Trinajstić information content (AvgIpc) is 2.99. The summed E-state index contributed by atoms with van der Waals surface area (Å²) in [5.74, 6) is -0.226. The molecule has 19 heavy (non-hydrogen) atoms. The van der Waals surface area contributed by atoms with E-state index in [0.29, 0.717) is 13.1 Å². The number of aromatic carboxylic acids is 1. The molecule has 0 aliphatic rings. The van der Waals surface area contributed by atoms with Gasteiger partial charge in [-0.05, 0) is 6.42 Å². The number of nitrogens with one attached hydrogen (secondary N) is 1. The van der Waals surface area contributed by atoms with Crippen LogP contribution in [0.3, 0.4) is 0 Å². The Morgan fingerprint density at radius 1 is 1.58 bits per heavy atom. The van der Waals surface area contributed by atoms with Crippen LogP contribution < -0.4 is 5.32 Å². The lowest BCUT2D eigenvalue weighted by atomic mass is 10.3. The molecule has 2 rings (SSSR count). The fourth-order valence-electron chi connectivity index (χ4n) is 1.43. The standard InChI is InChI=1S/C10H14N6O2S/c1-2-3-8-12-10(19-14-8)11-4-5-16-6-7(9(17)18)13-15-16/h6H,2-5H2,1H3,(H,17,18)(H,11,12,14). The van der Waals surface area contributed by atoms with E-state index in [1.807, 2.05) is 0 Å². The van der Waals surface area contributed by atoms with E-state index in [4.69, 9.17) is 5.11 Å². The highest BCUT2D eigenvalue weighted by molar-refractivity contribution is 7.09. The summed E-state index contributed by atoms with van der Waals surface area (Å²) in [5.41, 5.74) is -0.0545. The Morgan fingerprint density at radius 2 is 2.42 bits per heavy atom. The quantitative estimate of drug-likeness (QED) is 0.776. The van der Waals surface area contributed by atoms with Crippen molar-refractivity contribution in [2.75, 3.05) is 11.9 Å². The number of carbonyl (C=O) groups is 1. The molecule has 0 saturated heterocycles. The second-order valence-corrected chi connectivity index (χ2v) is 4.62. The van der Waals surface area contributed by atoms with Gasteiger partial charge in [0.25, 0.3) is 0 Å². The lowest BCUT2D eigenvalue weighted by Gasteiger charge is -2.00. The molecule has 0 amide bonds. The van der Waals surface area contributed by atoms with Gasteiger partial charge >= 0.3 is 5.97 Å². The number of carboxylic acids is 1. The van der Waals surface area contributed by atoms with E-state index in [-0.39, 0.29) is 5.69 Å². The molecule has 2 aromatic rings. The van der Waals surface area contributed by atoms with Gasteiger partial charge in [0.05, 0.1) is 12.7 Å². The molecular formula is C10H14N6O2S. The number of hydrogen-bond acceptors (Lipinski definition) is 7. The van der Waals surface area contributed by atoms with E-state index in [1.54, 1.807) is 0 Å². The van der Waals surface area contributed by atoms with Crippen LogP contribution in [0.4, 0.5) is 5.13 Å². The van der Waals surface area contributed by atoms with Crippen LogP contribution in [-0.2, 0) is 13.0 Å². The van der Waals surface area contributed by atoms with Crippen molar-refractivity contribution in [3.63, 3.8) is 0 Å². The summed E-state index contributed by atoms with van der Waals surface area (Å²) in [6, 6.07) is 0. The third kappa shape index (κ3) is 3.71. The van der Waals surface area contributed by atoms with E-state index >= 15 is 0 Å². The molecule has 0 spiro atoms. The van der Waals surface area contributed by atoms with Crippen LogP contribution in [0.5, 0.6) is 0 Å². The second-order valence-electron chi connectivity index (χ2n) is 3.86. The smallest absolute Gasteiger partial charge is 0.358 e. The zero-order valence-corrected chi connectivity index (χ0v) is 11.2. The van der Waals surface area contributed by atoms with Gasteiger partial charge in [-0.25, -0.2) is 14.5 Å². The molecule has 0 bridgehead atoms. The van der Waals surface area contributed by atoms with Gasteiger partial charge in [-0.2, -0.15) is 4.37 Å². The Morgan fingerprint density at radius 3 is 3.11 bits per heavy atom. The predicted octanol–water partition coefficient (Wildman–Crippen LogP) is 0.892. The summed E-state index contributed by atoms with van der Waals surface area (Å²) in [6.07, 6.45) is 3.29. The molecule has 102 valence electrons. The Labute approximate surface area is 113 Å². The first kappa shape index (κ1) is 13.4. The van der Waals surface area contributed by atoms with Gasteiger partial charge < -0.3 is 10.4 Å². The summed E-state index contributed by atoms with van der Waals surface area (Å²) in [7, 11) is 0. The first-order valence-electron chi connectivity index (χ1n) is 5.89. The highest BCUT2D eigenvalue weighted by Crippen LogP contribution is 2.11. The van der Waals surface area contributed by atoms with Gasteiger partial charge in [0, 0.05) is 24.5 Å². The predicted molar refractivity (Wildman–Crippen MR) is 69.4 cm³/mol. The topological polar surface area (TPSA) is 106 Å². The maximum atomic E-state index is 10.6. The van der Waals surface area contributed by atoms with Crippen molar-refractivity contribution in [2.24, 2.45) is 0 Å². The van der Waals surface area contributed by atoms with Gasteiger partial charge in [0.1, 0.15) is 5.82 Å². The first-order chi connectivity index (χ1) is 9.19. The molecule has 0 unspecified atom stereocenters. The summed E-state index contributed by atoms with van der Waals surface area (Å²) < 4.78 is 5.69. The van der Waals surface area contributed by atoms with Crippen molar-refractivity contribution in [1.29, 1.82) is 0 Å². The van der Waals surface area contributed by atoms with Gasteiger partial charge in [0.15, 0.2) is 5.69 Å². The number of carboxylic acid groups (broad SMARTS) is 1. The third-order valence-electron chi connectivity index (χ3n) is 2.32. The molecule has 0 fully saturated rings. The zero-order valence-electron chi connectivity index (χ0n) is 10.4. The third-order valence-corrected chi connectivity index (χ3v) is 3.03. The molecule has 2 N–H and O–H groups in total. The van der Waals surface area contributed by atoms with Gasteiger partial charge in [-0.15, -0.1) is 5.10 Å². The van der Waals surface area contributed by atoms with Crippen molar-refractivity contribution < 1.29 is 9.90 Å². The zero-order chi connectivity index (χ0) is 13.7. The molecule has 0 aliphatic carbocycles. The van der Waals surface area contributed by atoms with E-state index in [9.17, 15) is 4.79 Å². The van der Waals surface area contributed by atoms with Crippen molar-refractivity contribution >= 4 is 22.6 Å². The van der Waals surface area contributed by atoms with Crippen LogP contribution in [0.2, 0.25) is 0 Å². The number of aryl methyl sites for hydroxylation is 1. The molecule has 9 heteroatoms. The largest absolute Gasteiger partial charge is 0.476 e. The van der Waals surface area contributed by atoms with Crippen LogP contribution in [0, 0.1) is 0 Å². The minimum Gasteiger partial charge on any atom is -0.476 e. The van der Waals surface area contributed by atoms with Crippen LogP contribution in [0.15, 0.2) is 6.20 Å². The maximum absolute atomic E-state index is 10.6. The normalized spacial score (nSPS) is 10.6. The monoisotopic (exact) mass is 282 g/mol. The van der Waals surface area contributed by atoms with Crippen LogP contribution >= 0.6 is 11.5 Å². The minimum atomic E-state index is -1.08. The van der Waals surface area contributed by atoms with Crippen LogP contribution in [-0.4, -0.2) is 42.0 Å². The lowest BCUT2D eigenvalue weighted by Crippen LogP contribution is -2.11. The first-order valence-corrected chi connectivity index (χ1v) is 6.66. The number of anilines is 1.